The van der Waals surface area contributed by atoms with Crippen LogP contribution in [0.25, 0.3) is 5.69 Å². The summed E-state index contributed by atoms with van der Waals surface area (Å²) < 4.78 is 23.9. The number of amides is 1. The highest BCUT2D eigenvalue weighted by atomic mass is 32.2. The molecule has 2 aromatic rings. The Bertz CT molecular complexity index is 658. The van der Waals surface area contributed by atoms with E-state index in [1.54, 1.807) is 29.1 Å². The van der Waals surface area contributed by atoms with Crippen molar-refractivity contribution in [2.45, 2.75) is 4.90 Å². The van der Waals surface area contributed by atoms with Crippen LogP contribution in [0.5, 0.6) is 0 Å². The molecule has 1 heterocycles. The van der Waals surface area contributed by atoms with E-state index in [4.69, 9.17) is 5.73 Å². The zero-order valence-corrected chi connectivity index (χ0v) is 10.1. The van der Waals surface area contributed by atoms with Gasteiger partial charge >= 0.3 is 0 Å². The van der Waals surface area contributed by atoms with Gasteiger partial charge in [0.25, 0.3) is 0 Å². The second-order valence-corrected chi connectivity index (χ2v) is 4.47. The minimum Gasteiger partial charge on any atom is -0.366 e. The number of carbonyl (C=O) groups excluding carboxylic acids is 1. The van der Waals surface area contributed by atoms with Crippen LogP contribution in [0.15, 0.2) is 53.7 Å². The molecule has 0 bridgehead atoms. The Kier molecular flexibility index (Phi) is 3.29. The van der Waals surface area contributed by atoms with E-state index in [1.165, 1.54) is 18.2 Å². The number of hydrogen-bond acceptors (Lipinski definition) is 3. The summed E-state index contributed by atoms with van der Waals surface area (Å²) in [6.45, 7) is 0. The lowest BCUT2D eigenvalue weighted by molar-refractivity contribution is -0.598. The van der Waals surface area contributed by atoms with Gasteiger partial charge in [0.2, 0.25) is 22.3 Å². The quantitative estimate of drug-likeness (QED) is 0.808. The normalized spacial score (nSPS) is 10.0. The predicted molar refractivity (Wildman–Crippen MR) is 63.7 cm³/mol. The van der Waals surface area contributed by atoms with Gasteiger partial charge in [-0.15, -0.1) is 0 Å². The van der Waals surface area contributed by atoms with Crippen LogP contribution >= 0.6 is 0 Å². The van der Waals surface area contributed by atoms with Gasteiger partial charge in [-0.05, 0) is 12.1 Å². The van der Waals surface area contributed by atoms with Gasteiger partial charge in [-0.2, -0.15) is 13.0 Å². The van der Waals surface area contributed by atoms with Crippen molar-refractivity contribution in [3.8, 4) is 5.69 Å². The Morgan fingerprint density at radius 1 is 1.11 bits per heavy atom. The van der Waals surface area contributed by atoms with Crippen LogP contribution in [0.1, 0.15) is 10.4 Å². The van der Waals surface area contributed by atoms with E-state index in [9.17, 15) is 13.2 Å². The summed E-state index contributed by atoms with van der Waals surface area (Å²) in [5, 5.41) is 0. The van der Waals surface area contributed by atoms with E-state index < -0.39 is 16.6 Å². The molecule has 1 radical (unpaired) electrons. The fraction of sp³-hybridized carbons (Fsp3) is 0. The molecule has 0 saturated carbocycles. The fourth-order valence-corrected chi connectivity index (χ4v) is 2.09. The minimum atomic E-state index is -2.39. The predicted octanol–water partition coefficient (Wildman–Crippen LogP) is 0.300. The zero-order valence-electron chi connectivity index (χ0n) is 9.28. The number of aromatic nitrogens is 1. The summed E-state index contributed by atoms with van der Waals surface area (Å²) >= 11 is 0. The second kappa shape index (κ2) is 4.89. The number of hydrogen-bond donors (Lipinski definition) is 1. The number of nitrogens with two attached hydrogens (primary N) is 1. The molecule has 0 spiro atoms. The Morgan fingerprint density at radius 2 is 1.78 bits per heavy atom. The molecule has 6 heteroatoms. The molecule has 18 heavy (non-hydrogen) atoms. The van der Waals surface area contributed by atoms with E-state index in [2.05, 4.69) is 0 Å². The number of primary amides is 1. The molecular formula is C12H10N2O3S+. The summed E-state index contributed by atoms with van der Waals surface area (Å²) in [7, 11) is -2.39. The molecule has 0 unspecified atom stereocenters. The lowest BCUT2D eigenvalue weighted by Crippen LogP contribution is -2.31. The number of nitrogens with zero attached hydrogens (tertiary/aromatic N) is 1. The van der Waals surface area contributed by atoms with Gasteiger partial charge in [-0.25, -0.2) is 0 Å². The Hall–Kier alpha value is -2.34. The summed E-state index contributed by atoms with van der Waals surface area (Å²) in [5.41, 5.74) is 5.83. The second-order valence-electron chi connectivity index (χ2n) is 3.56. The van der Waals surface area contributed by atoms with Crippen molar-refractivity contribution < 1.29 is 17.8 Å². The third kappa shape index (κ3) is 2.33. The summed E-state index contributed by atoms with van der Waals surface area (Å²) in [6, 6.07) is 9.53. The molecule has 2 rings (SSSR count). The smallest absolute Gasteiger partial charge is 0.248 e. The molecule has 1 aromatic heterocycles. The lowest BCUT2D eigenvalue weighted by atomic mass is 10.2. The van der Waals surface area contributed by atoms with Crippen LogP contribution in [0, 0.1) is 0 Å². The van der Waals surface area contributed by atoms with E-state index in [1.807, 2.05) is 6.07 Å². The average Bonchev–Trinajstić information content (AvgIpc) is 2.39. The first-order valence-electron chi connectivity index (χ1n) is 5.09. The topological polar surface area (TPSA) is 81.1 Å². The van der Waals surface area contributed by atoms with Gasteiger partial charge in [-0.1, -0.05) is 6.07 Å². The third-order valence-electron chi connectivity index (χ3n) is 2.42. The van der Waals surface area contributed by atoms with Gasteiger partial charge < -0.3 is 5.73 Å². The molecule has 0 atom stereocenters. The van der Waals surface area contributed by atoms with E-state index >= 15 is 0 Å². The molecule has 1 aromatic carbocycles. The van der Waals surface area contributed by atoms with Crippen LogP contribution in [0.4, 0.5) is 0 Å². The SMILES string of the molecule is NC(=O)c1ccc([S](=O)=O)c(-[n+]2ccccc2)c1. The van der Waals surface area contributed by atoms with E-state index in [0.717, 1.165) is 0 Å². The maximum absolute atomic E-state index is 11.1. The Morgan fingerprint density at radius 3 is 2.33 bits per heavy atom. The Balaban J connectivity index is 2.69. The molecule has 1 amide bonds. The summed E-state index contributed by atoms with van der Waals surface area (Å²) in [4.78, 5) is 11.2. The lowest BCUT2D eigenvalue weighted by Gasteiger charge is -2.00. The number of benzene rings is 1. The van der Waals surface area contributed by atoms with Crippen LogP contribution < -0.4 is 10.3 Å². The molecule has 0 aliphatic heterocycles. The monoisotopic (exact) mass is 262 g/mol. The van der Waals surface area contributed by atoms with Gasteiger partial charge in [0.05, 0.1) is 0 Å². The molecule has 5 nitrogen and oxygen atoms in total. The zero-order chi connectivity index (χ0) is 13.1. The summed E-state index contributed by atoms with van der Waals surface area (Å²) in [5.74, 6) is -0.601. The number of carbonyl (C=O) groups is 1. The fourth-order valence-electron chi connectivity index (χ4n) is 1.57. The maximum atomic E-state index is 11.1. The molecule has 0 saturated heterocycles. The van der Waals surface area contributed by atoms with Crippen molar-refractivity contribution in [1.82, 2.24) is 0 Å². The molecule has 0 aliphatic rings. The largest absolute Gasteiger partial charge is 0.366 e. The summed E-state index contributed by atoms with van der Waals surface area (Å²) in [6.07, 6.45) is 3.38. The average molecular weight is 262 g/mol. The van der Waals surface area contributed by atoms with Gasteiger partial charge in [-0.3, -0.25) is 4.79 Å². The third-order valence-corrected chi connectivity index (χ3v) is 3.12. The van der Waals surface area contributed by atoms with Crippen molar-refractivity contribution in [3.05, 3.63) is 54.4 Å². The first-order chi connectivity index (χ1) is 8.59. The van der Waals surface area contributed by atoms with Crippen LogP contribution in [0.2, 0.25) is 0 Å². The van der Waals surface area contributed by atoms with Crippen molar-refractivity contribution in [1.29, 1.82) is 0 Å². The van der Waals surface area contributed by atoms with Crippen molar-refractivity contribution in [3.63, 3.8) is 0 Å². The van der Waals surface area contributed by atoms with Crippen molar-refractivity contribution >= 4 is 16.6 Å². The van der Waals surface area contributed by atoms with Crippen LogP contribution in [0.3, 0.4) is 0 Å². The molecular weight excluding hydrogens is 252 g/mol. The molecule has 0 aliphatic carbocycles. The Labute approximate surface area is 105 Å². The number of pyridine rings is 1. The minimum absolute atomic E-state index is 0.108. The number of rotatable bonds is 3. The highest BCUT2D eigenvalue weighted by molar-refractivity contribution is 7.72. The van der Waals surface area contributed by atoms with Crippen LogP contribution in [-0.4, -0.2) is 14.3 Å². The molecule has 91 valence electrons. The van der Waals surface area contributed by atoms with Gasteiger partial charge in [0.1, 0.15) is 0 Å². The standard InChI is InChI=1S/C12H9N2O3S/c13-12(15)9-4-5-11(18(16)17)10(8-9)14-6-2-1-3-7-14/h1-8H,(H-,13,15)/p+1. The van der Waals surface area contributed by atoms with Crippen molar-refractivity contribution in [2.75, 3.05) is 0 Å². The van der Waals surface area contributed by atoms with Crippen molar-refractivity contribution in [2.24, 2.45) is 5.73 Å². The highest BCUT2D eigenvalue weighted by Crippen LogP contribution is 2.13. The maximum Gasteiger partial charge on any atom is 0.248 e. The first kappa shape index (κ1) is 12.1. The van der Waals surface area contributed by atoms with Gasteiger partial charge in [0, 0.05) is 23.8 Å². The highest BCUT2D eigenvalue weighted by Gasteiger charge is 2.17. The van der Waals surface area contributed by atoms with E-state index in [-0.39, 0.29) is 10.5 Å². The van der Waals surface area contributed by atoms with E-state index in [0.29, 0.717) is 5.69 Å². The molecule has 0 fully saturated rings. The molecule has 2 N–H and O–H groups in total. The van der Waals surface area contributed by atoms with Crippen LogP contribution in [-0.2, 0) is 10.7 Å². The van der Waals surface area contributed by atoms with Gasteiger partial charge in [0.15, 0.2) is 17.3 Å². The first-order valence-corrected chi connectivity index (χ1v) is 6.17.